The number of hydrogen-bond acceptors (Lipinski definition) is 7. The standard InChI is InChI=1S/C18H28B2N2O4S/c1-15(2)16(3,4)24-19(23-15)11-9-10-12(14(22-27)13(11)21)20-25-17(5,6)18(7,8)26-20/h9-10,21,27H,1-8H3/b21-13?,22-14-. The third-order valence-corrected chi connectivity index (χ3v) is 6.56. The van der Waals surface area contributed by atoms with Crippen LogP contribution >= 0.6 is 12.8 Å². The topological polar surface area (TPSA) is 73.1 Å². The molecule has 1 N–H and O–H groups in total. The van der Waals surface area contributed by atoms with Gasteiger partial charge in [0.2, 0.25) is 0 Å². The molecular formula is C18H28B2N2O4S. The number of allylic oxidation sites excluding steroid dienone is 4. The molecule has 2 aliphatic heterocycles. The van der Waals surface area contributed by atoms with Crippen molar-refractivity contribution in [3.63, 3.8) is 0 Å². The third kappa shape index (κ3) is 3.27. The summed E-state index contributed by atoms with van der Waals surface area (Å²) < 4.78 is 28.5. The molecule has 2 fully saturated rings. The molecule has 1 aliphatic carbocycles. The Bertz CT molecular complexity index is 739. The predicted molar refractivity (Wildman–Crippen MR) is 112 cm³/mol. The Balaban J connectivity index is 1.93. The van der Waals surface area contributed by atoms with Crippen LogP contribution in [0.3, 0.4) is 0 Å². The number of thiol groups is 1. The average molecular weight is 390 g/mol. The fraction of sp³-hybridized carbons (Fsp3) is 0.667. The summed E-state index contributed by atoms with van der Waals surface area (Å²) >= 11 is 4.10. The lowest BCUT2D eigenvalue weighted by Crippen LogP contribution is -2.41. The summed E-state index contributed by atoms with van der Waals surface area (Å²) in [4.78, 5) is 0. The fourth-order valence-corrected chi connectivity index (χ4v) is 3.27. The highest BCUT2D eigenvalue weighted by molar-refractivity contribution is 7.79. The zero-order chi connectivity index (χ0) is 20.4. The Labute approximate surface area is 168 Å². The van der Waals surface area contributed by atoms with Gasteiger partial charge in [0, 0.05) is 10.9 Å². The van der Waals surface area contributed by atoms with E-state index in [1.54, 1.807) is 0 Å². The molecule has 0 aromatic rings. The second-order valence-corrected chi connectivity index (χ2v) is 9.44. The van der Waals surface area contributed by atoms with Crippen molar-refractivity contribution in [1.29, 1.82) is 5.41 Å². The minimum absolute atomic E-state index is 0.204. The lowest BCUT2D eigenvalue weighted by atomic mass is 9.65. The lowest BCUT2D eigenvalue weighted by Gasteiger charge is -2.32. The van der Waals surface area contributed by atoms with Gasteiger partial charge < -0.3 is 18.6 Å². The largest absolute Gasteiger partial charge is 0.497 e. The summed E-state index contributed by atoms with van der Waals surface area (Å²) in [5.74, 6) is 0. The maximum atomic E-state index is 8.66. The first-order valence-electron chi connectivity index (χ1n) is 9.17. The van der Waals surface area contributed by atoms with Crippen LogP contribution in [-0.4, -0.2) is 48.1 Å². The van der Waals surface area contributed by atoms with Crippen LogP contribution in [0.2, 0.25) is 0 Å². The maximum Gasteiger partial charge on any atom is 0.497 e. The summed E-state index contributed by atoms with van der Waals surface area (Å²) in [5.41, 5.74) is -0.00845. The van der Waals surface area contributed by atoms with Crippen molar-refractivity contribution in [3.8, 4) is 0 Å². The Morgan fingerprint density at radius 3 is 1.44 bits per heavy atom. The van der Waals surface area contributed by atoms with Crippen molar-refractivity contribution in [2.45, 2.75) is 77.8 Å². The normalized spacial score (nSPS) is 30.0. The smallest absolute Gasteiger partial charge is 0.399 e. The summed E-state index contributed by atoms with van der Waals surface area (Å²) in [7, 11) is -1.25. The first-order valence-corrected chi connectivity index (χ1v) is 9.57. The van der Waals surface area contributed by atoms with Crippen LogP contribution < -0.4 is 0 Å². The SMILES string of the molecule is CC1(C)OB(C2=CC=C(B3OC(C)(C)C(C)(C)O3)/C(=N/S)C2=N)OC1(C)C. The van der Waals surface area contributed by atoms with Gasteiger partial charge in [0.15, 0.2) is 0 Å². The monoisotopic (exact) mass is 390 g/mol. The molecule has 9 heteroatoms. The van der Waals surface area contributed by atoms with E-state index in [2.05, 4.69) is 17.2 Å². The maximum absolute atomic E-state index is 8.66. The van der Waals surface area contributed by atoms with E-state index in [1.165, 1.54) is 0 Å². The molecule has 2 saturated heterocycles. The zero-order valence-electron chi connectivity index (χ0n) is 17.3. The van der Waals surface area contributed by atoms with Gasteiger partial charge in [0.25, 0.3) is 0 Å². The van der Waals surface area contributed by atoms with Crippen LogP contribution in [0.1, 0.15) is 55.4 Å². The van der Waals surface area contributed by atoms with Gasteiger partial charge >= 0.3 is 14.2 Å². The van der Waals surface area contributed by atoms with Gasteiger partial charge in [-0.25, -0.2) is 4.40 Å². The Kier molecular flexibility index (Phi) is 4.88. The van der Waals surface area contributed by atoms with Gasteiger partial charge in [-0.15, -0.1) is 0 Å². The first kappa shape index (κ1) is 20.9. The van der Waals surface area contributed by atoms with Crippen LogP contribution in [0.25, 0.3) is 0 Å². The molecule has 146 valence electrons. The second kappa shape index (κ2) is 6.32. The molecule has 0 radical (unpaired) electrons. The van der Waals surface area contributed by atoms with Crippen LogP contribution in [0.4, 0.5) is 0 Å². The predicted octanol–water partition coefficient (Wildman–Crippen LogP) is 3.42. The molecular weight excluding hydrogens is 362 g/mol. The molecule has 0 amide bonds. The van der Waals surface area contributed by atoms with E-state index in [0.29, 0.717) is 16.7 Å². The van der Waals surface area contributed by atoms with E-state index in [4.69, 9.17) is 24.0 Å². The van der Waals surface area contributed by atoms with Crippen molar-refractivity contribution in [2.75, 3.05) is 0 Å². The van der Waals surface area contributed by atoms with Crippen molar-refractivity contribution in [2.24, 2.45) is 4.40 Å². The van der Waals surface area contributed by atoms with Crippen molar-refractivity contribution < 1.29 is 18.6 Å². The third-order valence-electron chi connectivity index (χ3n) is 6.36. The molecule has 0 bridgehead atoms. The molecule has 3 aliphatic rings. The van der Waals surface area contributed by atoms with Gasteiger partial charge in [0.1, 0.15) is 0 Å². The van der Waals surface area contributed by atoms with Crippen molar-refractivity contribution >= 4 is 38.5 Å². The molecule has 6 nitrogen and oxygen atoms in total. The molecule has 27 heavy (non-hydrogen) atoms. The molecule has 0 saturated carbocycles. The van der Waals surface area contributed by atoms with Gasteiger partial charge in [-0.1, -0.05) is 12.2 Å². The molecule has 0 unspecified atom stereocenters. The van der Waals surface area contributed by atoms with E-state index < -0.39 is 36.6 Å². The number of hydrogen-bond donors (Lipinski definition) is 2. The second-order valence-electron chi connectivity index (χ2n) is 9.24. The number of nitrogens with one attached hydrogen (secondary N) is 1. The summed E-state index contributed by atoms with van der Waals surface area (Å²) in [6.45, 7) is 15.9. The molecule has 0 atom stereocenters. The minimum atomic E-state index is -0.635. The Morgan fingerprint density at radius 2 is 1.07 bits per heavy atom. The first-order chi connectivity index (χ1) is 12.2. The fourth-order valence-electron chi connectivity index (χ4n) is 3.06. The molecule has 0 aromatic heterocycles. The van der Waals surface area contributed by atoms with E-state index in [9.17, 15) is 0 Å². The van der Waals surface area contributed by atoms with Crippen LogP contribution in [-0.2, 0) is 18.6 Å². The number of nitrogens with zero attached hydrogens (tertiary/aromatic N) is 1. The van der Waals surface area contributed by atoms with E-state index in [0.717, 1.165) is 0 Å². The molecule has 3 rings (SSSR count). The van der Waals surface area contributed by atoms with Crippen LogP contribution in [0, 0.1) is 5.41 Å². The lowest BCUT2D eigenvalue weighted by molar-refractivity contribution is 0.00578. The minimum Gasteiger partial charge on any atom is -0.399 e. The molecule has 0 spiro atoms. The van der Waals surface area contributed by atoms with E-state index >= 15 is 0 Å². The zero-order valence-corrected chi connectivity index (χ0v) is 18.2. The van der Waals surface area contributed by atoms with Crippen molar-refractivity contribution in [3.05, 3.63) is 23.1 Å². The Hall–Kier alpha value is -0.860. The van der Waals surface area contributed by atoms with Gasteiger partial charge in [-0.05, 0) is 68.2 Å². The van der Waals surface area contributed by atoms with E-state index in [-0.39, 0.29) is 5.71 Å². The van der Waals surface area contributed by atoms with E-state index in [1.807, 2.05) is 67.5 Å². The highest BCUT2D eigenvalue weighted by Gasteiger charge is 2.56. The average Bonchev–Trinajstić information content (AvgIpc) is 2.86. The molecule has 0 aromatic carbocycles. The highest BCUT2D eigenvalue weighted by Crippen LogP contribution is 2.41. The van der Waals surface area contributed by atoms with Crippen LogP contribution in [0.15, 0.2) is 27.5 Å². The van der Waals surface area contributed by atoms with Gasteiger partial charge in [0.05, 0.1) is 33.8 Å². The number of rotatable bonds is 2. The summed E-state index contributed by atoms with van der Waals surface area (Å²) in [6, 6.07) is 0. The quantitative estimate of drug-likeness (QED) is 0.431. The summed E-state index contributed by atoms with van der Waals surface area (Å²) in [5, 5.41) is 8.66. The summed E-state index contributed by atoms with van der Waals surface area (Å²) in [6.07, 6.45) is 3.68. The van der Waals surface area contributed by atoms with Crippen LogP contribution in [0.5, 0.6) is 0 Å². The Morgan fingerprint density at radius 1 is 0.741 bits per heavy atom. The van der Waals surface area contributed by atoms with Gasteiger partial charge in [-0.3, -0.25) is 5.41 Å². The highest BCUT2D eigenvalue weighted by atomic mass is 32.1. The van der Waals surface area contributed by atoms with Crippen molar-refractivity contribution in [1.82, 2.24) is 0 Å². The van der Waals surface area contributed by atoms with Gasteiger partial charge in [-0.2, -0.15) is 0 Å². The molecule has 2 heterocycles.